The first-order valence-corrected chi connectivity index (χ1v) is 8.35. The monoisotopic (exact) mass is 393 g/mol. The standard InChI is InChI=1S/C16H9BrFNOS2/c17-11-6-4-10(5-7-11)8-14-15(20)19(16(21)22-14)13-3-1-2-12(18)9-13/h1-9H/b14-8+. The number of anilines is 1. The van der Waals surface area contributed by atoms with Crippen molar-refractivity contribution in [2.24, 2.45) is 0 Å². The van der Waals surface area contributed by atoms with Crippen molar-refractivity contribution in [3.63, 3.8) is 0 Å². The van der Waals surface area contributed by atoms with E-state index >= 15 is 0 Å². The van der Waals surface area contributed by atoms with Crippen LogP contribution in [0.4, 0.5) is 10.1 Å². The van der Waals surface area contributed by atoms with Crippen LogP contribution in [0.1, 0.15) is 5.56 Å². The smallest absolute Gasteiger partial charge is 0.268 e. The van der Waals surface area contributed by atoms with Gasteiger partial charge in [-0.25, -0.2) is 4.39 Å². The molecular formula is C16H9BrFNOS2. The third-order valence-electron chi connectivity index (χ3n) is 3.03. The highest BCUT2D eigenvalue weighted by molar-refractivity contribution is 9.10. The molecule has 0 N–H and O–H groups in total. The van der Waals surface area contributed by atoms with Crippen molar-refractivity contribution in [2.45, 2.75) is 0 Å². The lowest BCUT2D eigenvalue weighted by molar-refractivity contribution is -0.113. The number of amides is 1. The van der Waals surface area contributed by atoms with Crippen molar-refractivity contribution in [1.29, 1.82) is 0 Å². The SMILES string of the molecule is O=C1/C(=C\c2ccc(Br)cc2)SC(=S)N1c1cccc(F)c1. The van der Waals surface area contributed by atoms with Crippen molar-refractivity contribution in [3.05, 3.63) is 69.3 Å². The minimum atomic E-state index is -0.400. The van der Waals surface area contributed by atoms with E-state index in [2.05, 4.69) is 15.9 Å². The molecule has 2 aromatic rings. The summed E-state index contributed by atoms with van der Waals surface area (Å²) in [5.74, 6) is -0.632. The highest BCUT2D eigenvalue weighted by Crippen LogP contribution is 2.36. The van der Waals surface area contributed by atoms with Crippen molar-refractivity contribution < 1.29 is 9.18 Å². The first-order valence-electron chi connectivity index (χ1n) is 6.34. The summed E-state index contributed by atoms with van der Waals surface area (Å²) in [4.78, 5) is 14.4. The van der Waals surface area contributed by atoms with Gasteiger partial charge < -0.3 is 0 Å². The maximum atomic E-state index is 13.3. The lowest BCUT2D eigenvalue weighted by Gasteiger charge is -2.14. The maximum Gasteiger partial charge on any atom is 0.270 e. The van der Waals surface area contributed by atoms with Gasteiger partial charge in [0.15, 0.2) is 4.32 Å². The number of rotatable bonds is 2. The average Bonchev–Trinajstić information content (AvgIpc) is 2.76. The molecule has 0 aromatic heterocycles. The van der Waals surface area contributed by atoms with E-state index in [0.717, 1.165) is 10.0 Å². The Morgan fingerprint density at radius 1 is 1.18 bits per heavy atom. The largest absolute Gasteiger partial charge is 0.270 e. The number of benzene rings is 2. The van der Waals surface area contributed by atoms with E-state index in [1.54, 1.807) is 18.2 Å². The molecule has 0 saturated carbocycles. The van der Waals surface area contributed by atoms with Crippen molar-refractivity contribution in [3.8, 4) is 0 Å². The molecular weight excluding hydrogens is 385 g/mol. The minimum absolute atomic E-state index is 0.233. The van der Waals surface area contributed by atoms with E-state index in [1.165, 1.54) is 28.8 Å². The van der Waals surface area contributed by atoms with E-state index in [9.17, 15) is 9.18 Å². The van der Waals surface area contributed by atoms with Gasteiger partial charge in [0.2, 0.25) is 0 Å². The van der Waals surface area contributed by atoms with Gasteiger partial charge in [0, 0.05) is 4.47 Å². The quantitative estimate of drug-likeness (QED) is 0.529. The molecule has 0 unspecified atom stereocenters. The van der Waals surface area contributed by atoms with E-state index in [-0.39, 0.29) is 5.91 Å². The van der Waals surface area contributed by atoms with Gasteiger partial charge in [-0.3, -0.25) is 9.69 Å². The summed E-state index contributed by atoms with van der Waals surface area (Å²) in [7, 11) is 0. The number of carbonyl (C=O) groups is 1. The molecule has 0 radical (unpaired) electrons. The number of halogens is 2. The Hall–Kier alpha value is -1.50. The predicted octanol–water partition coefficient (Wildman–Crippen LogP) is 4.99. The Labute approximate surface area is 145 Å². The highest BCUT2D eigenvalue weighted by Gasteiger charge is 2.33. The molecule has 1 aliphatic rings. The number of nitrogens with zero attached hydrogens (tertiary/aromatic N) is 1. The summed E-state index contributed by atoms with van der Waals surface area (Å²) >= 11 is 9.84. The predicted molar refractivity (Wildman–Crippen MR) is 96.2 cm³/mol. The molecule has 0 bridgehead atoms. The van der Waals surface area contributed by atoms with Crippen LogP contribution in [0.2, 0.25) is 0 Å². The molecule has 1 fully saturated rings. The van der Waals surface area contributed by atoms with Gasteiger partial charge in [0.1, 0.15) is 5.82 Å². The Bertz CT molecular complexity index is 789. The van der Waals surface area contributed by atoms with Gasteiger partial charge in [0.25, 0.3) is 5.91 Å². The fourth-order valence-electron chi connectivity index (χ4n) is 2.02. The average molecular weight is 394 g/mol. The first kappa shape index (κ1) is 15.4. The van der Waals surface area contributed by atoms with Crippen molar-refractivity contribution in [2.75, 3.05) is 4.90 Å². The zero-order chi connectivity index (χ0) is 15.7. The van der Waals surface area contributed by atoms with Crippen LogP contribution in [-0.4, -0.2) is 10.2 Å². The van der Waals surface area contributed by atoms with Crippen LogP contribution < -0.4 is 4.90 Å². The zero-order valence-electron chi connectivity index (χ0n) is 11.1. The van der Waals surface area contributed by atoms with Gasteiger partial charge in [0.05, 0.1) is 10.6 Å². The van der Waals surface area contributed by atoms with Gasteiger partial charge in [-0.1, -0.05) is 58.1 Å². The molecule has 22 heavy (non-hydrogen) atoms. The summed E-state index contributed by atoms with van der Waals surface area (Å²) in [5.41, 5.74) is 1.35. The molecule has 1 saturated heterocycles. The molecule has 3 rings (SSSR count). The van der Waals surface area contributed by atoms with Crippen LogP contribution in [0.5, 0.6) is 0 Å². The lowest BCUT2D eigenvalue weighted by atomic mass is 10.2. The molecule has 1 aliphatic heterocycles. The zero-order valence-corrected chi connectivity index (χ0v) is 14.3. The summed E-state index contributed by atoms with van der Waals surface area (Å²) < 4.78 is 14.7. The Morgan fingerprint density at radius 2 is 1.91 bits per heavy atom. The van der Waals surface area contributed by atoms with E-state index in [1.807, 2.05) is 24.3 Å². The fourth-order valence-corrected chi connectivity index (χ4v) is 3.58. The topological polar surface area (TPSA) is 20.3 Å². The Kier molecular flexibility index (Phi) is 4.42. The van der Waals surface area contributed by atoms with Gasteiger partial charge >= 0.3 is 0 Å². The Balaban J connectivity index is 1.93. The normalized spacial score (nSPS) is 16.6. The highest BCUT2D eigenvalue weighted by atomic mass is 79.9. The van der Waals surface area contributed by atoms with Crippen LogP contribution in [-0.2, 0) is 4.79 Å². The summed E-state index contributed by atoms with van der Waals surface area (Å²) in [6.07, 6.45) is 1.78. The second-order valence-electron chi connectivity index (χ2n) is 4.55. The summed E-state index contributed by atoms with van der Waals surface area (Å²) in [6, 6.07) is 13.5. The maximum absolute atomic E-state index is 13.3. The van der Waals surface area contributed by atoms with Crippen molar-refractivity contribution in [1.82, 2.24) is 0 Å². The fraction of sp³-hybridized carbons (Fsp3) is 0. The van der Waals surface area contributed by atoms with Crippen LogP contribution in [0.25, 0.3) is 6.08 Å². The third-order valence-corrected chi connectivity index (χ3v) is 4.86. The van der Waals surface area contributed by atoms with Crippen LogP contribution in [0, 0.1) is 5.82 Å². The minimum Gasteiger partial charge on any atom is -0.268 e. The molecule has 0 spiro atoms. The van der Waals surface area contributed by atoms with E-state index in [0.29, 0.717) is 14.9 Å². The van der Waals surface area contributed by atoms with Gasteiger partial charge in [-0.2, -0.15) is 0 Å². The Morgan fingerprint density at radius 3 is 2.59 bits per heavy atom. The number of hydrogen-bond acceptors (Lipinski definition) is 3. The molecule has 2 aromatic carbocycles. The summed E-state index contributed by atoms with van der Waals surface area (Å²) in [5, 5.41) is 0. The van der Waals surface area contributed by atoms with Crippen molar-refractivity contribution >= 4 is 61.9 Å². The number of thioether (sulfide) groups is 1. The van der Waals surface area contributed by atoms with Crippen LogP contribution >= 0.6 is 39.9 Å². The molecule has 1 heterocycles. The molecule has 2 nitrogen and oxygen atoms in total. The van der Waals surface area contributed by atoms with Gasteiger partial charge in [-0.15, -0.1) is 0 Å². The molecule has 0 atom stereocenters. The van der Waals surface area contributed by atoms with E-state index < -0.39 is 5.82 Å². The molecule has 110 valence electrons. The van der Waals surface area contributed by atoms with E-state index in [4.69, 9.17) is 12.2 Å². The van der Waals surface area contributed by atoms with Crippen LogP contribution in [0.15, 0.2) is 57.9 Å². The number of thiocarbonyl (C=S) groups is 1. The number of carbonyl (C=O) groups excluding carboxylic acids is 1. The third kappa shape index (κ3) is 3.14. The molecule has 0 aliphatic carbocycles. The first-order chi connectivity index (χ1) is 10.5. The van der Waals surface area contributed by atoms with Gasteiger partial charge in [-0.05, 0) is 42.0 Å². The van der Waals surface area contributed by atoms with Crippen LogP contribution in [0.3, 0.4) is 0 Å². The summed E-state index contributed by atoms with van der Waals surface area (Å²) in [6.45, 7) is 0. The lowest BCUT2D eigenvalue weighted by Crippen LogP contribution is -2.27. The molecule has 1 amide bonds. The number of hydrogen-bond donors (Lipinski definition) is 0. The second kappa shape index (κ2) is 6.32. The molecule has 6 heteroatoms. The second-order valence-corrected chi connectivity index (χ2v) is 7.14.